The Bertz CT molecular complexity index is 625. The summed E-state index contributed by atoms with van der Waals surface area (Å²) in [4.78, 5) is 7.83. The minimum absolute atomic E-state index is 0.0713. The van der Waals surface area contributed by atoms with Crippen molar-refractivity contribution in [2.75, 3.05) is 12.8 Å². The summed E-state index contributed by atoms with van der Waals surface area (Å²) in [6.07, 6.45) is -3.99. The fourth-order valence-corrected chi connectivity index (χ4v) is 2.01. The highest BCUT2D eigenvalue weighted by atomic mass is 19.4. The second kappa shape index (κ2) is 5.24. The molecule has 0 amide bonds. The predicted octanol–water partition coefficient (Wildman–Crippen LogP) is 2.38. The molecule has 0 aliphatic heterocycles. The van der Waals surface area contributed by atoms with E-state index in [2.05, 4.69) is 15.3 Å². The van der Waals surface area contributed by atoms with Crippen molar-refractivity contribution in [2.45, 2.75) is 25.6 Å². The Balaban J connectivity index is 2.66. The first-order chi connectivity index (χ1) is 9.32. The number of alkyl halides is 3. The molecule has 7 heteroatoms. The average molecular weight is 284 g/mol. The van der Waals surface area contributed by atoms with Gasteiger partial charge >= 0.3 is 6.18 Å². The number of anilines is 1. The van der Waals surface area contributed by atoms with Crippen LogP contribution in [0.5, 0.6) is 0 Å². The van der Waals surface area contributed by atoms with Crippen LogP contribution in [0.2, 0.25) is 0 Å². The fourth-order valence-electron chi connectivity index (χ4n) is 2.01. The van der Waals surface area contributed by atoms with Gasteiger partial charge in [0.15, 0.2) is 0 Å². The zero-order chi connectivity index (χ0) is 14.9. The van der Waals surface area contributed by atoms with Crippen LogP contribution in [0, 0.1) is 0 Å². The van der Waals surface area contributed by atoms with Gasteiger partial charge in [0, 0.05) is 17.8 Å². The van der Waals surface area contributed by atoms with Crippen LogP contribution in [0.1, 0.15) is 18.2 Å². The third kappa shape index (κ3) is 2.82. The smallest absolute Gasteiger partial charge is 0.368 e. The van der Waals surface area contributed by atoms with Crippen molar-refractivity contribution in [3.63, 3.8) is 0 Å². The monoisotopic (exact) mass is 284 g/mol. The molecule has 1 aromatic heterocycles. The Labute approximate surface area is 114 Å². The maximum absolute atomic E-state index is 13.0. The third-order valence-electron chi connectivity index (χ3n) is 3.12. The number of para-hydroxylation sites is 1. The Morgan fingerprint density at radius 3 is 2.60 bits per heavy atom. The van der Waals surface area contributed by atoms with Crippen molar-refractivity contribution in [3.05, 3.63) is 29.5 Å². The Morgan fingerprint density at radius 1 is 1.30 bits per heavy atom. The van der Waals surface area contributed by atoms with Gasteiger partial charge in [-0.2, -0.15) is 13.2 Å². The molecular formula is C13H15F3N4. The molecular weight excluding hydrogens is 269 g/mol. The molecule has 0 spiro atoms. The molecule has 1 aromatic carbocycles. The Hall–Kier alpha value is -1.89. The Kier molecular flexibility index (Phi) is 3.80. The number of halogens is 3. The van der Waals surface area contributed by atoms with E-state index in [1.54, 1.807) is 13.1 Å². The number of aromatic nitrogens is 2. The standard InChI is InChI=1S/C13H15F3N4/c1-7(18-2)6-10-8-4-3-5-9(13(14,15)16)11(8)20-12(17)19-10/h3-5,7,18H,6H2,1-2H3,(H2,17,19,20). The number of nitrogens with zero attached hydrogens (tertiary/aromatic N) is 2. The summed E-state index contributed by atoms with van der Waals surface area (Å²) in [7, 11) is 1.78. The van der Waals surface area contributed by atoms with Gasteiger partial charge in [0.25, 0.3) is 0 Å². The topological polar surface area (TPSA) is 63.8 Å². The molecule has 20 heavy (non-hydrogen) atoms. The number of rotatable bonds is 3. The van der Waals surface area contributed by atoms with Crippen molar-refractivity contribution in [2.24, 2.45) is 0 Å². The zero-order valence-corrected chi connectivity index (χ0v) is 11.1. The van der Waals surface area contributed by atoms with Crippen molar-refractivity contribution in [3.8, 4) is 0 Å². The van der Waals surface area contributed by atoms with E-state index in [0.717, 1.165) is 6.07 Å². The van der Waals surface area contributed by atoms with Crippen molar-refractivity contribution in [1.29, 1.82) is 0 Å². The number of nitrogens with one attached hydrogen (secondary N) is 1. The lowest BCUT2D eigenvalue weighted by molar-refractivity contribution is -0.136. The number of likely N-dealkylation sites (N-methyl/N-ethyl adjacent to an activating group) is 1. The molecule has 0 saturated heterocycles. The lowest BCUT2D eigenvalue weighted by Gasteiger charge is -2.14. The van der Waals surface area contributed by atoms with Gasteiger partial charge in [0.05, 0.1) is 16.8 Å². The molecule has 0 aliphatic rings. The van der Waals surface area contributed by atoms with Crippen LogP contribution in [0.15, 0.2) is 18.2 Å². The maximum Gasteiger partial charge on any atom is 0.418 e. The molecule has 0 radical (unpaired) electrons. The first-order valence-electron chi connectivity index (χ1n) is 6.12. The molecule has 0 fully saturated rings. The molecule has 3 N–H and O–H groups in total. The van der Waals surface area contributed by atoms with Crippen LogP contribution in [0.25, 0.3) is 10.9 Å². The number of hydrogen-bond donors (Lipinski definition) is 2. The van der Waals surface area contributed by atoms with Crippen molar-refractivity contribution >= 4 is 16.9 Å². The van der Waals surface area contributed by atoms with Gasteiger partial charge in [0.2, 0.25) is 5.95 Å². The van der Waals surface area contributed by atoms with E-state index in [-0.39, 0.29) is 17.5 Å². The minimum atomic E-state index is -4.47. The van der Waals surface area contributed by atoms with Crippen LogP contribution in [-0.2, 0) is 12.6 Å². The van der Waals surface area contributed by atoms with E-state index in [4.69, 9.17) is 5.73 Å². The first kappa shape index (κ1) is 14.5. The number of benzene rings is 1. The highest BCUT2D eigenvalue weighted by Crippen LogP contribution is 2.34. The second-order valence-corrected chi connectivity index (χ2v) is 4.62. The second-order valence-electron chi connectivity index (χ2n) is 4.62. The number of nitrogen functional groups attached to an aromatic ring is 1. The quantitative estimate of drug-likeness (QED) is 0.908. The van der Waals surface area contributed by atoms with Crippen LogP contribution in [-0.4, -0.2) is 23.1 Å². The molecule has 1 atom stereocenters. The summed E-state index contributed by atoms with van der Waals surface area (Å²) in [6, 6.07) is 4.02. The molecule has 2 rings (SSSR count). The van der Waals surface area contributed by atoms with E-state index >= 15 is 0 Å². The van der Waals surface area contributed by atoms with Gasteiger partial charge < -0.3 is 11.1 Å². The Morgan fingerprint density at radius 2 is 2.00 bits per heavy atom. The summed E-state index contributed by atoms with van der Waals surface area (Å²) in [5, 5.41) is 3.40. The summed E-state index contributed by atoms with van der Waals surface area (Å²) in [6.45, 7) is 1.91. The third-order valence-corrected chi connectivity index (χ3v) is 3.12. The fraction of sp³-hybridized carbons (Fsp3) is 0.385. The molecule has 4 nitrogen and oxygen atoms in total. The van der Waals surface area contributed by atoms with E-state index in [1.807, 2.05) is 6.92 Å². The summed E-state index contributed by atoms with van der Waals surface area (Å²) in [5.74, 6) is -0.146. The molecule has 108 valence electrons. The van der Waals surface area contributed by atoms with Gasteiger partial charge in [0.1, 0.15) is 0 Å². The highest BCUT2D eigenvalue weighted by Gasteiger charge is 2.33. The van der Waals surface area contributed by atoms with Gasteiger partial charge in [-0.25, -0.2) is 9.97 Å². The van der Waals surface area contributed by atoms with Crippen LogP contribution in [0.3, 0.4) is 0 Å². The average Bonchev–Trinajstić information content (AvgIpc) is 2.36. The minimum Gasteiger partial charge on any atom is -0.368 e. The van der Waals surface area contributed by atoms with E-state index in [0.29, 0.717) is 17.5 Å². The molecule has 0 bridgehead atoms. The molecule has 2 aromatic rings. The summed E-state index contributed by atoms with van der Waals surface area (Å²) < 4.78 is 39.0. The summed E-state index contributed by atoms with van der Waals surface area (Å²) in [5.41, 5.74) is 5.12. The molecule has 0 saturated carbocycles. The largest absolute Gasteiger partial charge is 0.418 e. The van der Waals surface area contributed by atoms with E-state index < -0.39 is 11.7 Å². The zero-order valence-electron chi connectivity index (χ0n) is 11.1. The number of nitrogens with two attached hydrogens (primary N) is 1. The first-order valence-corrected chi connectivity index (χ1v) is 6.12. The lowest BCUT2D eigenvalue weighted by Crippen LogP contribution is -2.24. The van der Waals surface area contributed by atoms with E-state index in [1.165, 1.54) is 6.07 Å². The van der Waals surface area contributed by atoms with Crippen LogP contribution in [0.4, 0.5) is 19.1 Å². The number of fused-ring (bicyclic) bond motifs is 1. The van der Waals surface area contributed by atoms with Crippen LogP contribution < -0.4 is 11.1 Å². The van der Waals surface area contributed by atoms with Crippen molar-refractivity contribution < 1.29 is 13.2 Å². The SMILES string of the molecule is CNC(C)Cc1nc(N)nc2c(C(F)(F)F)cccc12. The van der Waals surface area contributed by atoms with Gasteiger partial charge in [-0.3, -0.25) is 0 Å². The van der Waals surface area contributed by atoms with Crippen LogP contribution >= 0.6 is 0 Å². The van der Waals surface area contributed by atoms with Crippen molar-refractivity contribution in [1.82, 2.24) is 15.3 Å². The normalized spacial score (nSPS) is 13.7. The lowest BCUT2D eigenvalue weighted by atomic mass is 10.0. The van der Waals surface area contributed by atoms with Gasteiger partial charge in [-0.1, -0.05) is 12.1 Å². The van der Waals surface area contributed by atoms with Gasteiger partial charge in [-0.05, 0) is 20.0 Å². The molecule has 0 aliphatic carbocycles. The maximum atomic E-state index is 13.0. The van der Waals surface area contributed by atoms with E-state index in [9.17, 15) is 13.2 Å². The molecule has 1 heterocycles. The molecule has 1 unspecified atom stereocenters. The highest BCUT2D eigenvalue weighted by molar-refractivity contribution is 5.85. The number of hydrogen-bond acceptors (Lipinski definition) is 4. The van der Waals surface area contributed by atoms with Gasteiger partial charge in [-0.15, -0.1) is 0 Å². The predicted molar refractivity (Wildman–Crippen MR) is 71.2 cm³/mol. The summed E-state index contributed by atoms with van der Waals surface area (Å²) >= 11 is 0.